The van der Waals surface area contributed by atoms with Crippen LogP contribution in [0.2, 0.25) is 0 Å². The molecule has 176 valence electrons. The quantitative estimate of drug-likeness (QED) is 0.461. The highest BCUT2D eigenvalue weighted by Crippen LogP contribution is 2.42. The number of hydrogen-bond acceptors (Lipinski definition) is 4. The maximum atomic E-state index is 15.0. The Labute approximate surface area is 183 Å². The van der Waals surface area contributed by atoms with Crippen molar-refractivity contribution in [1.29, 1.82) is 0 Å². The van der Waals surface area contributed by atoms with Crippen LogP contribution < -0.4 is 4.74 Å². The molecule has 0 spiro atoms. The van der Waals surface area contributed by atoms with Gasteiger partial charge in [-0.1, -0.05) is 0 Å². The first kappa shape index (κ1) is 23.0. The van der Waals surface area contributed by atoms with Crippen molar-refractivity contribution >= 4 is 27.2 Å². The van der Waals surface area contributed by atoms with Gasteiger partial charge in [-0.25, -0.2) is 17.4 Å². The molecule has 2 fully saturated rings. The first-order valence-electron chi connectivity index (χ1n) is 10.3. The Kier molecular flexibility index (Phi) is 6.00. The zero-order valence-electron chi connectivity index (χ0n) is 17.5. The third kappa shape index (κ3) is 4.63. The summed E-state index contributed by atoms with van der Waals surface area (Å²) in [6, 6.07) is 0.484. The summed E-state index contributed by atoms with van der Waals surface area (Å²) >= 11 is 0. The van der Waals surface area contributed by atoms with Crippen LogP contribution in [0.15, 0.2) is 16.5 Å². The standard InChI is InChI=1S/C21H24F4N2O4S/c1-32(2,29)26-17-7-8-27-18(17)11-30-14-5-3-12(4-6-14)15-9-13(22)10-16(23)19(15)31-21(24,25)20(27)28/h9-10,12,14,18H,1,3-8,11H2,2H3/b26-17+/t12?,14?,18-,32?/m0/s1. The maximum absolute atomic E-state index is 15.0. The number of carbonyl (C=O) groups is 1. The lowest BCUT2D eigenvalue weighted by molar-refractivity contribution is -0.205. The first-order valence-corrected chi connectivity index (χ1v) is 12.4. The number of hydrogen-bond donors (Lipinski definition) is 0. The lowest BCUT2D eigenvalue weighted by Gasteiger charge is -2.30. The van der Waals surface area contributed by atoms with Crippen molar-refractivity contribution in [3.8, 4) is 5.75 Å². The summed E-state index contributed by atoms with van der Waals surface area (Å²) in [7, 11) is -2.83. The smallest absolute Gasteiger partial charge is 0.422 e. The molecule has 1 aliphatic carbocycles. The minimum Gasteiger partial charge on any atom is -0.422 e. The Morgan fingerprint density at radius 1 is 1.22 bits per heavy atom. The van der Waals surface area contributed by atoms with Crippen molar-refractivity contribution in [3.05, 3.63) is 29.3 Å². The van der Waals surface area contributed by atoms with Crippen LogP contribution in [0, 0.1) is 11.6 Å². The number of fused-ring (bicyclic) bond motifs is 5. The normalized spacial score (nSPS) is 31.0. The highest BCUT2D eigenvalue weighted by Gasteiger charge is 2.51. The van der Waals surface area contributed by atoms with Gasteiger partial charge in [0.25, 0.3) is 0 Å². The van der Waals surface area contributed by atoms with E-state index in [1.54, 1.807) is 0 Å². The summed E-state index contributed by atoms with van der Waals surface area (Å²) in [6.07, 6.45) is -1.18. The lowest BCUT2D eigenvalue weighted by Crippen LogP contribution is -2.51. The number of carbonyl (C=O) groups excluding carboxylic acids is 1. The second kappa shape index (κ2) is 8.33. The number of alkyl halides is 2. The summed E-state index contributed by atoms with van der Waals surface area (Å²) in [5, 5.41) is 0. The van der Waals surface area contributed by atoms with Gasteiger partial charge in [-0.2, -0.15) is 8.78 Å². The molecule has 1 aromatic rings. The average molecular weight is 476 g/mol. The van der Waals surface area contributed by atoms with Gasteiger partial charge in [-0.05, 0) is 43.5 Å². The van der Waals surface area contributed by atoms with Crippen LogP contribution in [0.1, 0.15) is 43.6 Å². The van der Waals surface area contributed by atoms with E-state index in [1.807, 2.05) is 0 Å². The molecule has 6 nitrogen and oxygen atoms in total. The maximum Gasteiger partial charge on any atom is 0.482 e. The van der Waals surface area contributed by atoms with Gasteiger partial charge in [-0.3, -0.25) is 4.79 Å². The fourth-order valence-corrected chi connectivity index (χ4v) is 5.33. The molecule has 2 atom stereocenters. The molecule has 3 aliphatic heterocycles. The van der Waals surface area contributed by atoms with Crippen molar-refractivity contribution in [2.45, 2.75) is 56.3 Å². The Morgan fingerprint density at radius 3 is 2.56 bits per heavy atom. The number of halogens is 4. The van der Waals surface area contributed by atoms with E-state index in [0.717, 1.165) is 11.0 Å². The molecule has 1 amide bonds. The predicted octanol–water partition coefficient (Wildman–Crippen LogP) is 3.30. The van der Waals surface area contributed by atoms with Gasteiger partial charge in [0.05, 0.1) is 34.2 Å². The summed E-state index contributed by atoms with van der Waals surface area (Å²) < 4.78 is 85.1. The van der Waals surface area contributed by atoms with Gasteiger partial charge in [0.15, 0.2) is 11.6 Å². The Morgan fingerprint density at radius 2 is 1.91 bits per heavy atom. The second-order valence-electron chi connectivity index (χ2n) is 8.54. The Bertz CT molecular complexity index is 1050. The molecule has 5 rings (SSSR count). The van der Waals surface area contributed by atoms with E-state index >= 15 is 0 Å². The zero-order valence-corrected chi connectivity index (χ0v) is 18.3. The van der Waals surface area contributed by atoms with Crippen LogP contribution >= 0.6 is 0 Å². The van der Waals surface area contributed by atoms with E-state index in [9.17, 15) is 26.6 Å². The van der Waals surface area contributed by atoms with Gasteiger partial charge in [0.1, 0.15) is 5.82 Å². The van der Waals surface area contributed by atoms with E-state index in [4.69, 9.17) is 4.74 Å². The van der Waals surface area contributed by atoms with Crippen LogP contribution in [0.4, 0.5) is 17.6 Å². The highest BCUT2D eigenvalue weighted by molar-refractivity contribution is 7.98. The molecule has 0 N–H and O–H groups in total. The van der Waals surface area contributed by atoms with Crippen molar-refractivity contribution in [1.82, 2.24) is 4.90 Å². The molecule has 2 bridgehead atoms. The SMILES string of the molecule is C=S(C)(=O)/N=C1\CCN2C(=O)C(F)(F)Oc3c(F)cc(F)cc3C3CCC(CC3)OC[C@@H]12. The predicted molar refractivity (Wildman–Crippen MR) is 112 cm³/mol. The third-order valence-corrected chi connectivity index (χ3v) is 6.68. The number of nitrogens with zero attached hydrogens (tertiary/aromatic N) is 2. The largest absolute Gasteiger partial charge is 0.482 e. The second-order valence-corrected chi connectivity index (χ2v) is 10.6. The molecule has 11 heteroatoms. The van der Waals surface area contributed by atoms with Crippen molar-refractivity contribution in [3.63, 3.8) is 0 Å². The minimum absolute atomic E-state index is 0.0179. The van der Waals surface area contributed by atoms with Gasteiger partial charge in [-0.15, -0.1) is 0 Å². The lowest BCUT2D eigenvalue weighted by atomic mass is 9.82. The van der Waals surface area contributed by atoms with Gasteiger partial charge < -0.3 is 14.4 Å². The molecule has 1 aromatic carbocycles. The van der Waals surface area contributed by atoms with Crippen molar-refractivity contribution < 1.29 is 36.0 Å². The minimum atomic E-state index is -4.41. The van der Waals surface area contributed by atoms with E-state index in [1.165, 1.54) is 6.26 Å². The summed E-state index contributed by atoms with van der Waals surface area (Å²) in [5.74, 6) is -1.64. The van der Waals surface area contributed by atoms with E-state index in [0.29, 0.717) is 31.7 Å². The molecule has 32 heavy (non-hydrogen) atoms. The van der Waals surface area contributed by atoms with Crippen molar-refractivity contribution in [2.24, 2.45) is 4.40 Å². The summed E-state index contributed by atoms with van der Waals surface area (Å²) in [6.45, 7) is -0.215. The van der Waals surface area contributed by atoms with Crippen LogP contribution in [0.3, 0.4) is 0 Å². The van der Waals surface area contributed by atoms with E-state index in [2.05, 4.69) is 15.0 Å². The van der Waals surface area contributed by atoms with Crippen LogP contribution in [-0.4, -0.2) is 64.3 Å². The molecule has 1 saturated carbocycles. The molecular formula is C21H24F4N2O4S. The van der Waals surface area contributed by atoms with Gasteiger partial charge in [0, 0.05) is 30.9 Å². The highest BCUT2D eigenvalue weighted by atomic mass is 32.2. The number of benzene rings is 1. The molecule has 0 aromatic heterocycles. The summed E-state index contributed by atoms with van der Waals surface area (Å²) in [4.78, 5) is 13.6. The van der Waals surface area contributed by atoms with Gasteiger partial charge in [0.2, 0.25) is 0 Å². The van der Waals surface area contributed by atoms with Gasteiger partial charge >= 0.3 is 12.0 Å². The Hall–Kier alpha value is -2.14. The molecular weight excluding hydrogens is 452 g/mol. The number of amides is 1. The zero-order chi connectivity index (χ0) is 23.3. The number of rotatable bonds is 1. The third-order valence-electron chi connectivity index (χ3n) is 6.06. The average Bonchev–Trinajstić information content (AvgIpc) is 3.08. The topological polar surface area (TPSA) is 68.2 Å². The monoisotopic (exact) mass is 476 g/mol. The summed E-state index contributed by atoms with van der Waals surface area (Å²) in [5.41, 5.74) is 0.268. The molecule has 1 unspecified atom stereocenters. The molecule has 3 heterocycles. The fraction of sp³-hybridized carbons (Fsp3) is 0.571. The molecule has 1 saturated heterocycles. The number of ether oxygens (including phenoxy) is 2. The van der Waals surface area contributed by atoms with Crippen LogP contribution in [0.25, 0.3) is 0 Å². The van der Waals surface area contributed by atoms with E-state index in [-0.39, 0.29) is 37.0 Å². The van der Waals surface area contributed by atoms with Crippen LogP contribution in [0.5, 0.6) is 5.75 Å². The Balaban J connectivity index is 1.77. The van der Waals surface area contributed by atoms with Crippen LogP contribution in [-0.2, 0) is 19.2 Å². The molecule has 4 aliphatic rings. The van der Waals surface area contributed by atoms with Crippen molar-refractivity contribution in [2.75, 3.05) is 19.4 Å². The van der Waals surface area contributed by atoms with E-state index < -0.39 is 51.1 Å². The fourth-order valence-electron chi connectivity index (χ4n) is 4.62. The first-order chi connectivity index (χ1) is 14.9. The molecule has 0 radical (unpaired) electrons.